The summed E-state index contributed by atoms with van der Waals surface area (Å²) in [6, 6.07) is 7.21. The maximum Gasteiger partial charge on any atom is 0.573 e. The molecular formula is C13H8F3NO3. The number of rotatable bonds is 3. The van der Waals surface area contributed by atoms with Crippen molar-refractivity contribution in [3.05, 3.63) is 53.9 Å². The highest BCUT2D eigenvalue weighted by molar-refractivity contribution is 6.09. The zero-order valence-corrected chi connectivity index (χ0v) is 9.89. The van der Waals surface area contributed by atoms with Crippen molar-refractivity contribution in [1.29, 1.82) is 0 Å². The number of ether oxygens (including phenoxy) is 1. The van der Waals surface area contributed by atoms with E-state index in [0.717, 1.165) is 18.2 Å². The number of aromatic hydroxyl groups is 1. The van der Waals surface area contributed by atoms with Gasteiger partial charge in [0.25, 0.3) is 0 Å². The third-order valence-corrected chi connectivity index (χ3v) is 2.33. The second-order valence-corrected chi connectivity index (χ2v) is 3.77. The van der Waals surface area contributed by atoms with Gasteiger partial charge in [-0.05, 0) is 30.3 Å². The van der Waals surface area contributed by atoms with Gasteiger partial charge in [0.2, 0.25) is 5.78 Å². The molecule has 104 valence electrons. The van der Waals surface area contributed by atoms with E-state index in [1.54, 1.807) is 6.07 Å². The van der Waals surface area contributed by atoms with Gasteiger partial charge in [-0.2, -0.15) is 0 Å². The molecule has 4 nitrogen and oxygen atoms in total. The fraction of sp³-hybridized carbons (Fsp3) is 0.0769. The molecule has 0 atom stereocenters. The van der Waals surface area contributed by atoms with Crippen molar-refractivity contribution in [3.8, 4) is 11.5 Å². The maximum absolute atomic E-state index is 12.3. The number of phenolic OH excluding ortho intramolecular Hbond substituents is 1. The van der Waals surface area contributed by atoms with Crippen LogP contribution in [0.5, 0.6) is 11.5 Å². The number of carbonyl (C=O) groups is 1. The van der Waals surface area contributed by atoms with Crippen LogP contribution in [0.1, 0.15) is 16.1 Å². The smallest absolute Gasteiger partial charge is 0.508 e. The van der Waals surface area contributed by atoms with E-state index in [9.17, 15) is 23.1 Å². The van der Waals surface area contributed by atoms with Gasteiger partial charge in [0, 0.05) is 6.20 Å². The highest BCUT2D eigenvalue weighted by Gasteiger charge is 2.33. The van der Waals surface area contributed by atoms with Gasteiger partial charge in [0.15, 0.2) is 0 Å². The number of carbonyl (C=O) groups excluding carboxylic acids is 1. The Kier molecular flexibility index (Phi) is 3.60. The van der Waals surface area contributed by atoms with Crippen molar-refractivity contribution in [2.45, 2.75) is 6.36 Å². The molecule has 20 heavy (non-hydrogen) atoms. The topological polar surface area (TPSA) is 59.4 Å². The molecule has 0 saturated carbocycles. The van der Waals surface area contributed by atoms with Crippen molar-refractivity contribution < 1.29 is 27.8 Å². The number of nitrogens with zero attached hydrogens (tertiary/aromatic N) is 1. The van der Waals surface area contributed by atoms with Gasteiger partial charge < -0.3 is 9.84 Å². The molecule has 0 radical (unpaired) electrons. The second kappa shape index (κ2) is 5.20. The molecule has 0 saturated heterocycles. The summed E-state index contributed by atoms with van der Waals surface area (Å²) in [5, 5.41) is 9.32. The molecular weight excluding hydrogens is 275 g/mol. The summed E-state index contributed by atoms with van der Waals surface area (Å²) >= 11 is 0. The Morgan fingerprint density at radius 1 is 1.20 bits per heavy atom. The lowest BCUT2D eigenvalue weighted by Crippen LogP contribution is -2.19. The summed E-state index contributed by atoms with van der Waals surface area (Å²) < 4.78 is 40.6. The van der Waals surface area contributed by atoms with Crippen LogP contribution in [0.25, 0.3) is 0 Å². The Morgan fingerprint density at radius 2 is 1.95 bits per heavy atom. The first-order valence-corrected chi connectivity index (χ1v) is 5.41. The van der Waals surface area contributed by atoms with Crippen molar-refractivity contribution in [2.75, 3.05) is 0 Å². The predicted molar refractivity (Wildman–Crippen MR) is 62.5 cm³/mol. The summed E-state index contributed by atoms with van der Waals surface area (Å²) in [4.78, 5) is 15.8. The first kappa shape index (κ1) is 13.9. The van der Waals surface area contributed by atoms with Gasteiger partial charge in [-0.3, -0.25) is 9.78 Å². The normalized spacial score (nSPS) is 11.2. The first-order valence-electron chi connectivity index (χ1n) is 5.41. The van der Waals surface area contributed by atoms with Crippen LogP contribution >= 0.6 is 0 Å². The number of benzene rings is 1. The van der Waals surface area contributed by atoms with Gasteiger partial charge in [-0.25, -0.2) is 0 Å². The molecule has 0 aliphatic heterocycles. The zero-order valence-electron chi connectivity index (χ0n) is 9.89. The van der Waals surface area contributed by atoms with Crippen molar-refractivity contribution in [2.24, 2.45) is 0 Å². The second-order valence-electron chi connectivity index (χ2n) is 3.77. The van der Waals surface area contributed by atoms with Crippen LogP contribution in [0.2, 0.25) is 0 Å². The highest BCUT2D eigenvalue weighted by atomic mass is 19.4. The lowest BCUT2D eigenvalue weighted by atomic mass is 10.1. The van der Waals surface area contributed by atoms with Crippen molar-refractivity contribution in [1.82, 2.24) is 4.98 Å². The fourth-order valence-electron chi connectivity index (χ4n) is 1.54. The maximum atomic E-state index is 12.3. The van der Waals surface area contributed by atoms with Gasteiger partial charge in [-0.1, -0.05) is 6.07 Å². The molecule has 0 aliphatic carbocycles. The van der Waals surface area contributed by atoms with E-state index in [-0.39, 0.29) is 11.4 Å². The minimum absolute atomic E-state index is 0.0508. The number of phenols is 1. The van der Waals surface area contributed by atoms with Crippen LogP contribution in [0.4, 0.5) is 13.2 Å². The molecule has 2 aromatic rings. The monoisotopic (exact) mass is 283 g/mol. The van der Waals surface area contributed by atoms with E-state index < -0.39 is 23.5 Å². The lowest BCUT2D eigenvalue weighted by molar-refractivity contribution is -0.274. The number of ketones is 1. The van der Waals surface area contributed by atoms with Crippen molar-refractivity contribution in [3.63, 3.8) is 0 Å². The molecule has 0 amide bonds. The molecule has 1 aromatic heterocycles. The molecule has 7 heteroatoms. The Hall–Kier alpha value is -2.57. The number of hydrogen-bond donors (Lipinski definition) is 1. The van der Waals surface area contributed by atoms with Crippen LogP contribution in [-0.4, -0.2) is 22.2 Å². The van der Waals surface area contributed by atoms with Crippen molar-refractivity contribution >= 4 is 5.78 Å². The number of aromatic nitrogens is 1. The average molecular weight is 283 g/mol. The van der Waals surface area contributed by atoms with E-state index in [1.165, 1.54) is 18.3 Å². The Labute approximate surface area is 111 Å². The molecule has 0 aliphatic rings. The zero-order chi connectivity index (χ0) is 14.8. The van der Waals surface area contributed by atoms with Crippen LogP contribution in [0.3, 0.4) is 0 Å². The van der Waals surface area contributed by atoms with Crippen LogP contribution in [0, 0.1) is 0 Å². The highest BCUT2D eigenvalue weighted by Crippen LogP contribution is 2.30. The number of hydrogen-bond acceptors (Lipinski definition) is 4. The van der Waals surface area contributed by atoms with Gasteiger partial charge in [0.05, 0.1) is 5.56 Å². The summed E-state index contributed by atoms with van der Waals surface area (Å²) in [5.41, 5.74) is -0.467. The standard InChI is InChI=1S/C13H8F3NO3/c14-13(15,16)20-11-5-4-8(18)7-9(11)12(19)10-3-1-2-6-17-10/h1-7,18H. The molecule has 0 bridgehead atoms. The predicted octanol–water partition coefficient (Wildman–Crippen LogP) is 2.92. The molecule has 1 N–H and O–H groups in total. The van der Waals surface area contributed by atoms with Crippen LogP contribution in [0.15, 0.2) is 42.6 Å². The van der Waals surface area contributed by atoms with E-state index in [2.05, 4.69) is 9.72 Å². The minimum Gasteiger partial charge on any atom is -0.508 e. The molecule has 0 fully saturated rings. The summed E-state index contributed by atoms with van der Waals surface area (Å²) in [5.74, 6) is -1.81. The summed E-state index contributed by atoms with van der Waals surface area (Å²) in [6.45, 7) is 0. The van der Waals surface area contributed by atoms with E-state index in [4.69, 9.17) is 0 Å². The van der Waals surface area contributed by atoms with Gasteiger partial charge >= 0.3 is 6.36 Å². The first-order chi connectivity index (χ1) is 9.37. The summed E-state index contributed by atoms with van der Waals surface area (Å²) in [7, 11) is 0. The van der Waals surface area contributed by atoms with Crippen LogP contribution < -0.4 is 4.74 Å². The number of halogens is 3. The third-order valence-electron chi connectivity index (χ3n) is 2.33. The Morgan fingerprint density at radius 3 is 2.55 bits per heavy atom. The quantitative estimate of drug-likeness (QED) is 0.880. The Balaban J connectivity index is 2.44. The average Bonchev–Trinajstić information content (AvgIpc) is 2.39. The third kappa shape index (κ3) is 3.25. The lowest BCUT2D eigenvalue weighted by Gasteiger charge is -2.12. The van der Waals surface area contributed by atoms with Gasteiger partial charge in [0.1, 0.15) is 17.2 Å². The summed E-state index contributed by atoms with van der Waals surface area (Å²) in [6.07, 6.45) is -3.60. The number of pyridine rings is 1. The van der Waals surface area contributed by atoms with E-state index in [1.807, 2.05) is 0 Å². The molecule has 2 rings (SSSR count). The SMILES string of the molecule is O=C(c1ccccn1)c1cc(O)ccc1OC(F)(F)F. The molecule has 0 unspecified atom stereocenters. The van der Waals surface area contributed by atoms with E-state index >= 15 is 0 Å². The van der Waals surface area contributed by atoms with Gasteiger partial charge in [-0.15, -0.1) is 13.2 Å². The minimum atomic E-state index is -4.93. The van der Waals surface area contributed by atoms with Crippen LogP contribution in [-0.2, 0) is 0 Å². The Bertz CT molecular complexity index is 627. The largest absolute Gasteiger partial charge is 0.573 e. The number of alkyl halides is 3. The molecule has 0 spiro atoms. The molecule has 1 aromatic carbocycles. The van der Waals surface area contributed by atoms with E-state index in [0.29, 0.717) is 0 Å². The fourth-order valence-corrected chi connectivity index (χ4v) is 1.54. The molecule has 1 heterocycles.